The molecule has 0 saturated heterocycles. The lowest BCUT2D eigenvalue weighted by atomic mass is 9.84. The molecule has 60 heavy (non-hydrogen) atoms. The van der Waals surface area contributed by atoms with Crippen LogP contribution in [0.15, 0.2) is 187 Å². The quantitative estimate of drug-likeness (QED) is 0.144. The van der Waals surface area contributed by atoms with E-state index in [1.165, 1.54) is 5.56 Å². The SMILES string of the molecule is C=C/C=C(\C=C)c1cc(-c2ccccc2)cn2nc(C3=CC(C4=N/Cc5nc(C6C=CC=CC6)ccc5/C=C\C/C=C\4)Cc4c3oc3cc(C5C=CC=CC5)ccc43)nc12. The van der Waals surface area contributed by atoms with Gasteiger partial charge in [0, 0.05) is 57.4 Å². The van der Waals surface area contributed by atoms with Crippen LogP contribution in [0.3, 0.4) is 0 Å². The largest absolute Gasteiger partial charge is 0.456 e. The zero-order chi connectivity index (χ0) is 40.4. The molecule has 4 aliphatic rings. The van der Waals surface area contributed by atoms with Crippen molar-refractivity contribution in [2.45, 2.75) is 44.1 Å². The third-order valence-electron chi connectivity index (χ3n) is 11.9. The lowest BCUT2D eigenvalue weighted by Crippen LogP contribution is -2.19. The van der Waals surface area contributed by atoms with Crippen LogP contribution in [0.4, 0.5) is 0 Å². The summed E-state index contributed by atoms with van der Waals surface area (Å²) < 4.78 is 8.82. The summed E-state index contributed by atoms with van der Waals surface area (Å²) in [5.41, 5.74) is 12.9. The smallest absolute Gasteiger partial charge is 0.185 e. The van der Waals surface area contributed by atoms with Gasteiger partial charge in [0.05, 0.1) is 17.8 Å². The highest BCUT2D eigenvalue weighted by molar-refractivity contribution is 6.02. The second-order valence-electron chi connectivity index (χ2n) is 15.7. The van der Waals surface area contributed by atoms with Gasteiger partial charge in [0.2, 0.25) is 0 Å². The second kappa shape index (κ2) is 16.2. The van der Waals surface area contributed by atoms with Gasteiger partial charge in [-0.15, -0.1) is 5.10 Å². The summed E-state index contributed by atoms with van der Waals surface area (Å²) in [6.45, 7) is 8.61. The average molecular weight is 780 g/mol. The number of nitrogens with zero attached hydrogens (tertiary/aromatic N) is 5. The first-order valence-electron chi connectivity index (χ1n) is 20.9. The van der Waals surface area contributed by atoms with Crippen LogP contribution in [0.25, 0.3) is 45.0 Å². The molecule has 292 valence electrons. The van der Waals surface area contributed by atoms with Crippen LogP contribution >= 0.6 is 0 Å². The maximum Gasteiger partial charge on any atom is 0.185 e. The maximum atomic E-state index is 6.92. The Morgan fingerprint density at radius 1 is 0.800 bits per heavy atom. The standard InChI is InChI=1S/C54H45N5O/c1-3-17-36(4-2)45-32-43(38-20-11-6-12-21-38)35-59-54(45)57-53(58-59)47-31-42(30-46-44-28-26-41(33-51(44)60-52(46)47)37-18-9-5-10-19-37)48-25-16-8-15-24-40-27-29-49(56-50(40)34-55-48)39-22-13-7-14-23-39/h3-7,9-18,20-22,24-29,31-33,35,37,39,42H,1-2,8,19,23,30,34H2/b24-15-,25-16-,36-17+,55-48+. The van der Waals surface area contributed by atoms with Crippen LogP contribution in [0, 0.1) is 5.92 Å². The molecule has 0 radical (unpaired) electrons. The Morgan fingerprint density at radius 3 is 2.43 bits per heavy atom. The summed E-state index contributed by atoms with van der Waals surface area (Å²) in [7, 11) is 0. The third kappa shape index (κ3) is 7.15. The van der Waals surface area contributed by atoms with Crippen molar-refractivity contribution in [2.75, 3.05) is 0 Å². The summed E-state index contributed by atoms with van der Waals surface area (Å²) in [5, 5.41) is 6.34. The van der Waals surface area contributed by atoms with Crippen LogP contribution in [0.5, 0.6) is 0 Å². The number of hydrogen-bond donors (Lipinski definition) is 0. The van der Waals surface area contributed by atoms with Crippen molar-refractivity contribution in [3.63, 3.8) is 0 Å². The van der Waals surface area contributed by atoms with Crippen molar-refractivity contribution in [2.24, 2.45) is 10.9 Å². The van der Waals surface area contributed by atoms with Gasteiger partial charge in [0.25, 0.3) is 0 Å². The minimum absolute atomic E-state index is 0.0625. The van der Waals surface area contributed by atoms with E-state index in [4.69, 9.17) is 24.5 Å². The van der Waals surface area contributed by atoms with Crippen molar-refractivity contribution in [1.29, 1.82) is 0 Å². The van der Waals surface area contributed by atoms with Crippen molar-refractivity contribution in [3.05, 3.63) is 222 Å². The van der Waals surface area contributed by atoms with E-state index in [9.17, 15) is 0 Å². The second-order valence-corrected chi connectivity index (χ2v) is 15.7. The molecule has 0 N–H and O–H groups in total. The first-order valence-corrected chi connectivity index (χ1v) is 20.9. The molecular weight excluding hydrogens is 735 g/mol. The molecule has 10 rings (SSSR count). The number of allylic oxidation sites excluding steroid dienone is 16. The number of furan rings is 1. The number of pyridine rings is 2. The number of aromatic nitrogens is 4. The minimum atomic E-state index is -0.0625. The number of aliphatic imine (C=N–C) groups is 1. The van der Waals surface area contributed by atoms with E-state index in [0.29, 0.717) is 18.3 Å². The molecular formula is C54H45N5O. The van der Waals surface area contributed by atoms with Crippen LogP contribution in [-0.2, 0) is 13.0 Å². The molecule has 3 unspecified atom stereocenters. The lowest BCUT2D eigenvalue weighted by molar-refractivity contribution is 0.585. The molecule has 1 aliphatic heterocycles. The van der Waals surface area contributed by atoms with E-state index in [2.05, 4.69) is 159 Å². The number of benzene rings is 2. The fourth-order valence-electron chi connectivity index (χ4n) is 8.80. The summed E-state index contributed by atoms with van der Waals surface area (Å²) in [6.07, 6.45) is 39.6. The molecule has 0 amide bonds. The Bertz CT molecular complexity index is 2960. The molecule has 3 atom stereocenters. The third-order valence-corrected chi connectivity index (χ3v) is 11.9. The maximum absolute atomic E-state index is 6.92. The summed E-state index contributed by atoms with van der Waals surface area (Å²) in [4.78, 5) is 15.9. The summed E-state index contributed by atoms with van der Waals surface area (Å²) in [5.74, 6) is 1.91. The van der Waals surface area contributed by atoms with E-state index in [1.54, 1.807) is 6.08 Å². The zero-order valence-electron chi connectivity index (χ0n) is 33.5. The first kappa shape index (κ1) is 37.1. The number of fused-ring (bicyclic) bond motifs is 5. The van der Waals surface area contributed by atoms with Crippen molar-refractivity contribution in [1.82, 2.24) is 19.6 Å². The molecule has 2 aromatic carbocycles. The first-order chi connectivity index (χ1) is 29.6. The molecule has 3 aliphatic carbocycles. The van der Waals surface area contributed by atoms with E-state index >= 15 is 0 Å². The van der Waals surface area contributed by atoms with Gasteiger partial charge in [-0.05, 0) is 72.2 Å². The average Bonchev–Trinajstić information content (AvgIpc) is 3.91. The predicted molar refractivity (Wildman–Crippen MR) is 247 cm³/mol. The Hall–Kier alpha value is -7.18. The lowest BCUT2D eigenvalue weighted by Gasteiger charge is -2.21. The monoisotopic (exact) mass is 779 g/mol. The van der Waals surface area contributed by atoms with E-state index in [-0.39, 0.29) is 11.8 Å². The van der Waals surface area contributed by atoms with Crippen molar-refractivity contribution >= 4 is 39.6 Å². The minimum Gasteiger partial charge on any atom is -0.456 e. The summed E-state index contributed by atoms with van der Waals surface area (Å²) in [6, 6.07) is 23.6. The topological polar surface area (TPSA) is 68.6 Å². The molecule has 6 aromatic rings. The van der Waals surface area contributed by atoms with Crippen LogP contribution in [0.1, 0.15) is 76.3 Å². The van der Waals surface area contributed by atoms with Crippen molar-refractivity contribution in [3.8, 4) is 11.1 Å². The highest BCUT2D eigenvalue weighted by atomic mass is 16.3. The Balaban J connectivity index is 1.12. The van der Waals surface area contributed by atoms with Gasteiger partial charge in [-0.2, -0.15) is 0 Å². The van der Waals surface area contributed by atoms with Gasteiger partial charge in [-0.3, -0.25) is 9.98 Å². The van der Waals surface area contributed by atoms with Crippen LogP contribution < -0.4 is 0 Å². The molecule has 0 spiro atoms. The van der Waals surface area contributed by atoms with Gasteiger partial charge < -0.3 is 4.42 Å². The molecule has 6 heteroatoms. The van der Waals surface area contributed by atoms with E-state index in [1.807, 2.05) is 22.7 Å². The van der Waals surface area contributed by atoms with Gasteiger partial charge in [0.15, 0.2) is 11.5 Å². The van der Waals surface area contributed by atoms with Gasteiger partial charge in [-0.1, -0.05) is 153 Å². The van der Waals surface area contributed by atoms with E-state index < -0.39 is 0 Å². The molecule has 5 heterocycles. The Morgan fingerprint density at radius 2 is 1.63 bits per heavy atom. The van der Waals surface area contributed by atoms with Gasteiger partial charge >= 0.3 is 0 Å². The fraction of sp³-hybridized carbons (Fsp3) is 0.148. The molecule has 0 fully saturated rings. The van der Waals surface area contributed by atoms with Crippen LogP contribution in [-0.4, -0.2) is 25.3 Å². The number of hydrogen-bond acceptors (Lipinski definition) is 5. The van der Waals surface area contributed by atoms with Gasteiger partial charge in [-0.25, -0.2) is 9.50 Å². The number of rotatable bonds is 8. The highest BCUT2D eigenvalue weighted by Gasteiger charge is 2.31. The molecule has 6 nitrogen and oxygen atoms in total. The fourth-order valence-corrected chi connectivity index (χ4v) is 8.80. The Labute approximate surface area is 350 Å². The normalized spacial score (nSPS) is 21.8. The highest BCUT2D eigenvalue weighted by Crippen LogP contribution is 2.42. The molecule has 4 aromatic heterocycles. The zero-order valence-corrected chi connectivity index (χ0v) is 33.5. The predicted octanol–water partition coefficient (Wildman–Crippen LogP) is 12.7. The summed E-state index contributed by atoms with van der Waals surface area (Å²) >= 11 is 0. The van der Waals surface area contributed by atoms with E-state index in [0.717, 1.165) is 104 Å². The molecule has 0 saturated carbocycles. The van der Waals surface area contributed by atoms with Crippen molar-refractivity contribution < 1.29 is 4.42 Å². The Kier molecular flexibility index (Phi) is 10.0. The van der Waals surface area contributed by atoms with Crippen LogP contribution in [0.2, 0.25) is 0 Å². The molecule has 0 bridgehead atoms. The van der Waals surface area contributed by atoms with Gasteiger partial charge in [0.1, 0.15) is 11.3 Å².